The summed E-state index contributed by atoms with van der Waals surface area (Å²) in [5.74, 6) is 0. The maximum absolute atomic E-state index is 5.88. The molecular weight excluding hydrogens is 176 g/mol. The molecule has 0 aromatic rings. The third-order valence-electron chi connectivity index (χ3n) is 3.63. The fourth-order valence-electron chi connectivity index (χ4n) is 2.59. The SMILES string of the molecule is NCC1(CN2CCCCC2)CCOC1. The van der Waals surface area contributed by atoms with Crippen LogP contribution in [0.2, 0.25) is 0 Å². The molecular formula is C11H22N2O. The van der Waals surface area contributed by atoms with Crippen molar-refractivity contribution in [1.82, 2.24) is 4.90 Å². The van der Waals surface area contributed by atoms with Gasteiger partial charge in [-0.3, -0.25) is 0 Å². The van der Waals surface area contributed by atoms with Gasteiger partial charge in [-0.15, -0.1) is 0 Å². The van der Waals surface area contributed by atoms with E-state index in [0.717, 1.165) is 32.7 Å². The molecule has 1 atom stereocenters. The highest BCUT2D eigenvalue weighted by Crippen LogP contribution is 2.29. The zero-order chi connectivity index (χ0) is 9.86. The van der Waals surface area contributed by atoms with Crippen LogP contribution >= 0.6 is 0 Å². The largest absolute Gasteiger partial charge is 0.381 e. The predicted molar refractivity (Wildman–Crippen MR) is 57.2 cm³/mol. The molecule has 1 unspecified atom stereocenters. The maximum atomic E-state index is 5.88. The van der Waals surface area contributed by atoms with E-state index in [1.165, 1.54) is 32.4 Å². The van der Waals surface area contributed by atoms with Crippen LogP contribution in [0, 0.1) is 5.41 Å². The monoisotopic (exact) mass is 198 g/mol. The molecule has 0 radical (unpaired) electrons. The molecule has 3 nitrogen and oxygen atoms in total. The van der Waals surface area contributed by atoms with E-state index in [9.17, 15) is 0 Å². The van der Waals surface area contributed by atoms with Crippen LogP contribution in [0.25, 0.3) is 0 Å². The molecule has 0 bridgehead atoms. The Bertz CT molecular complexity index is 172. The lowest BCUT2D eigenvalue weighted by Gasteiger charge is -2.35. The zero-order valence-electron chi connectivity index (χ0n) is 9.00. The second kappa shape index (κ2) is 4.60. The van der Waals surface area contributed by atoms with E-state index >= 15 is 0 Å². The molecule has 0 spiro atoms. The standard InChI is InChI=1S/C11H22N2O/c12-8-11(4-7-14-10-11)9-13-5-2-1-3-6-13/h1-10,12H2. The van der Waals surface area contributed by atoms with E-state index in [1.807, 2.05) is 0 Å². The summed E-state index contributed by atoms with van der Waals surface area (Å²) in [5, 5.41) is 0. The number of hydrogen-bond acceptors (Lipinski definition) is 3. The van der Waals surface area contributed by atoms with Gasteiger partial charge in [-0.05, 0) is 32.4 Å². The van der Waals surface area contributed by atoms with Crippen molar-refractivity contribution >= 4 is 0 Å². The number of nitrogens with two attached hydrogens (primary N) is 1. The first-order chi connectivity index (χ1) is 6.85. The number of rotatable bonds is 3. The molecule has 14 heavy (non-hydrogen) atoms. The van der Waals surface area contributed by atoms with Crippen molar-refractivity contribution in [3.05, 3.63) is 0 Å². The molecule has 3 heteroatoms. The number of likely N-dealkylation sites (tertiary alicyclic amines) is 1. The third kappa shape index (κ3) is 2.27. The van der Waals surface area contributed by atoms with Gasteiger partial charge in [-0.25, -0.2) is 0 Å². The molecule has 0 aromatic heterocycles. The Morgan fingerprint density at radius 3 is 2.57 bits per heavy atom. The fraction of sp³-hybridized carbons (Fsp3) is 1.00. The summed E-state index contributed by atoms with van der Waals surface area (Å²) >= 11 is 0. The van der Waals surface area contributed by atoms with Crippen molar-refractivity contribution in [2.45, 2.75) is 25.7 Å². The van der Waals surface area contributed by atoms with Crippen LogP contribution in [-0.2, 0) is 4.74 Å². The van der Waals surface area contributed by atoms with Crippen molar-refractivity contribution in [2.75, 3.05) is 39.4 Å². The number of nitrogens with zero attached hydrogens (tertiary/aromatic N) is 1. The molecule has 82 valence electrons. The number of hydrogen-bond donors (Lipinski definition) is 1. The summed E-state index contributed by atoms with van der Waals surface area (Å²) in [7, 11) is 0. The maximum Gasteiger partial charge on any atom is 0.0547 e. The second-order valence-corrected chi connectivity index (χ2v) is 4.84. The fourth-order valence-corrected chi connectivity index (χ4v) is 2.59. The molecule has 2 saturated heterocycles. The topological polar surface area (TPSA) is 38.5 Å². The number of piperidine rings is 1. The molecule has 0 saturated carbocycles. The van der Waals surface area contributed by atoms with Crippen molar-refractivity contribution in [3.8, 4) is 0 Å². The van der Waals surface area contributed by atoms with Crippen molar-refractivity contribution in [2.24, 2.45) is 11.1 Å². The lowest BCUT2D eigenvalue weighted by atomic mass is 9.86. The average Bonchev–Trinajstić information content (AvgIpc) is 2.69. The molecule has 0 aliphatic carbocycles. The van der Waals surface area contributed by atoms with Crippen LogP contribution in [0.3, 0.4) is 0 Å². The van der Waals surface area contributed by atoms with Crippen molar-refractivity contribution in [3.63, 3.8) is 0 Å². The van der Waals surface area contributed by atoms with Gasteiger partial charge in [0.1, 0.15) is 0 Å². The van der Waals surface area contributed by atoms with E-state index in [2.05, 4.69) is 4.90 Å². The third-order valence-corrected chi connectivity index (χ3v) is 3.63. The molecule has 0 aromatic carbocycles. The van der Waals surface area contributed by atoms with Crippen LogP contribution in [0.15, 0.2) is 0 Å². The first-order valence-corrected chi connectivity index (χ1v) is 5.85. The molecule has 2 aliphatic rings. The molecule has 2 rings (SSSR count). The van der Waals surface area contributed by atoms with E-state index in [4.69, 9.17) is 10.5 Å². The summed E-state index contributed by atoms with van der Waals surface area (Å²) < 4.78 is 5.49. The van der Waals surface area contributed by atoms with Gasteiger partial charge < -0.3 is 15.4 Å². The van der Waals surface area contributed by atoms with Gasteiger partial charge in [0.25, 0.3) is 0 Å². The Morgan fingerprint density at radius 2 is 2.00 bits per heavy atom. The Kier molecular flexibility index (Phi) is 3.42. The summed E-state index contributed by atoms with van der Waals surface area (Å²) in [6.45, 7) is 6.25. The smallest absolute Gasteiger partial charge is 0.0547 e. The van der Waals surface area contributed by atoms with Crippen molar-refractivity contribution < 1.29 is 4.74 Å². The first kappa shape index (κ1) is 10.4. The van der Waals surface area contributed by atoms with Gasteiger partial charge in [0.15, 0.2) is 0 Å². The molecule has 0 amide bonds. The summed E-state index contributed by atoms with van der Waals surface area (Å²) in [5.41, 5.74) is 6.15. The minimum Gasteiger partial charge on any atom is -0.381 e. The molecule has 2 N–H and O–H groups in total. The zero-order valence-corrected chi connectivity index (χ0v) is 9.00. The summed E-state index contributed by atoms with van der Waals surface area (Å²) in [6.07, 6.45) is 5.28. The summed E-state index contributed by atoms with van der Waals surface area (Å²) in [4.78, 5) is 2.57. The van der Waals surface area contributed by atoms with Crippen LogP contribution in [0.4, 0.5) is 0 Å². The first-order valence-electron chi connectivity index (χ1n) is 5.85. The van der Waals surface area contributed by atoms with Crippen LogP contribution in [0.5, 0.6) is 0 Å². The molecule has 2 aliphatic heterocycles. The van der Waals surface area contributed by atoms with E-state index in [-0.39, 0.29) is 5.41 Å². The lowest BCUT2D eigenvalue weighted by Crippen LogP contribution is -2.44. The van der Waals surface area contributed by atoms with Crippen LogP contribution in [-0.4, -0.2) is 44.3 Å². The van der Waals surface area contributed by atoms with Gasteiger partial charge in [0, 0.05) is 25.1 Å². The predicted octanol–water partition coefficient (Wildman–Crippen LogP) is 0.838. The Balaban J connectivity index is 1.86. The van der Waals surface area contributed by atoms with E-state index in [1.54, 1.807) is 0 Å². The molecule has 2 fully saturated rings. The minimum absolute atomic E-state index is 0.275. The highest BCUT2D eigenvalue weighted by Gasteiger charge is 2.35. The van der Waals surface area contributed by atoms with Gasteiger partial charge in [0.2, 0.25) is 0 Å². The van der Waals surface area contributed by atoms with E-state index in [0.29, 0.717) is 0 Å². The Hall–Kier alpha value is -0.120. The van der Waals surface area contributed by atoms with Crippen molar-refractivity contribution in [1.29, 1.82) is 0 Å². The normalized spacial score (nSPS) is 34.9. The van der Waals surface area contributed by atoms with Gasteiger partial charge in [-0.2, -0.15) is 0 Å². The highest BCUT2D eigenvalue weighted by molar-refractivity contribution is 4.87. The second-order valence-electron chi connectivity index (χ2n) is 4.84. The highest BCUT2D eigenvalue weighted by atomic mass is 16.5. The van der Waals surface area contributed by atoms with Gasteiger partial charge in [-0.1, -0.05) is 6.42 Å². The quantitative estimate of drug-likeness (QED) is 0.730. The summed E-state index contributed by atoms with van der Waals surface area (Å²) in [6, 6.07) is 0. The minimum atomic E-state index is 0.275. The van der Waals surface area contributed by atoms with Gasteiger partial charge >= 0.3 is 0 Å². The lowest BCUT2D eigenvalue weighted by molar-refractivity contribution is 0.104. The number of ether oxygens (including phenoxy) is 1. The van der Waals surface area contributed by atoms with E-state index < -0.39 is 0 Å². The van der Waals surface area contributed by atoms with Crippen LogP contribution < -0.4 is 5.73 Å². The van der Waals surface area contributed by atoms with Gasteiger partial charge in [0.05, 0.1) is 6.61 Å². The molecule has 2 heterocycles. The Morgan fingerprint density at radius 1 is 1.21 bits per heavy atom. The van der Waals surface area contributed by atoms with Crippen LogP contribution in [0.1, 0.15) is 25.7 Å². The Labute approximate surface area is 86.6 Å². The average molecular weight is 198 g/mol.